The molecule has 150 valence electrons. The maximum atomic E-state index is 13.2. The van der Waals surface area contributed by atoms with Crippen molar-refractivity contribution >= 4 is 35.0 Å². The zero-order valence-corrected chi connectivity index (χ0v) is 16.1. The van der Waals surface area contributed by atoms with Crippen molar-refractivity contribution in [2.75, 3.05) is 11.1 Å². The minimum atomic E-state index is -4.70. The Morgan fingerprint density at radius 1 is 1.07 bits per heavy atom. The summed E-state index contributed by atoms with van der Waals surface area (Å²) in [4.78, 5) is 19.6. The van der Waals surface area contributed by atoms with Gasteiger partial charge in [-0.1, -0.05) is 29.4 Å². The lowest BCUT2D eigenvalue weighted by atomic mass is 10.1. The van der Waals surface area contributed by atoms with E-state index < -0.39 is 23.6 Å². The largest absolute Gasteiger partial charge is 0.433 e. The summed E-state index contributed by atoms with van der Waals surface area (Å²) in [6.07, 6.45) is -4.70. The van der Waals surface area contributed by atoms with Gasteiger partial charge < -0.3 is 5.32 Å². The number of hydrogen-bond donors (Lipinski definition) is 1. The summed E-state index contributed by atoms with van der Waals surface area (Å²) in [5.74, 6) is -1.19. The Bertz CT molecular complexity index is 1030. The van der Waals surface area contributed by atoms with Crippen molar-refractivity contribution in [2.45, 2.75) is 11.3 Å². The molecule has 0 aliphatic heterocycles. The number of alkyl halides is 3. The first kappa shape index (κ1) is 21.1. The van der Waals surface area contributed by atoms with E-state index in [0.29, 0.717) is 16.3 Å². The van der Waals surface area contributed by atoms with Crippen molar-refractivity contribution in [1.82, 2.24) is 9.97 Å². The first-order chi connectivity index (χ1) is 13.7. The zero-order valence-electron chi connectivity index (χ0n) is 14.5. The Labute approximate surface area is 172 Å². The predicted molar refractivity (Wildman–Crippen MR) is 103 cm³/mol. The second-order valence-electron chi connectivity index (χ2n) is 5.77. The van der Waals surface area contributed by atoms with Crippen LogP contribution in [0, 0.1) is 5.82 Å². The lowest BCUT2D eigenvalue weighted by molar-refractivity contribution is -0.141. The van der Waals surface area contributed by atoms with Crippen LogP contribution >= 0.6 is 23.4 Å². The Hall–Kier alpha value is -2.65. The molecule has 0 aliphatic carbocycles. The molecule has 1 heterocycles. The molecule has 3 aromatic rings. The van der Waals surface area contributed by atoms with Gasteiger partial charge in [-0.15, -0.1) is 0 Å². The van der Waals surface area contributed by atoms with Gasteiger partial charge in [0.25, 0.3) is 0 Å². The van der Waals surface area contributed by atoms with E-state index in [1.54, 1.807) is 18.2 Å². The summed E-state index contributed by atoms with van der Waals surface area (Å²) in [6.45, 7) is 0. The van der Waals surface area contributed by atoms with Gasteiger partial charge in [-0.3, -0.25) is 4.79 Å². The Morgan fingerprint density at radius 3 is 2.45 bits per heavy atom. The van der Waals surface area contributed by atoms with E-state index in [2.05, 4.69) is 15.3 Å². The van der Waals surface area contributed by atoms with Crippen LogP contribution in [-0.4, -0.2) is 21.6 Å². The molecule has 0 radical (unpaired) electrons. The van der Waals surface area contributed by atoms with Crippen molar-refractivity contribution in [2.24, 2.45) is 0 Å². The molecule has 29 heavy (non-hydrogen) atoms. The molecule has 0 aliphatic rings. The molecule has 1 N–H and O–H groups in total. The highest BCUT2D eigenvalue weighted by Gasteiger charge is 2.34. The van der Waals surface area contributed by atoms with E-state index in [4.69, 9.17) is 11.6 Å². The average molecular weight is 442 g/mol. The molecular weight excluding hydrogens is 430 g/mol. The molecule has 0 saturated carbocycles. The van der Waals surface area contributed by atoms with Crippen molar-refractivity contribution in [1.29, 1.82) is 0 Å². The summed E-state index contributed by atoms with van der Waals surface area (Å²) >= 11 is 6.59. The van der Waals surface area contributed by atoms with Crippen LogP contribution in [0.1, 0.15) is 5.69 Å². The first-order valence-electron chi connectivity index (χ1n) is 8.11. The normalized spacial score (nSPS) is 11.3. The van der Waals surface area contributed by atoms with Crippen molar-refractivity contribution in [3.63, 3.8) is 0 Å². The highest BCUT2D eigenvalue weighted by atomic mass is 35.5. The number of anilines is 1. The molecule has 1 aromatic heterocycles. The smallest absolute Gasteiger partial charge is 0.325 e. The number of halogens is 5. The number of carbonyl (C=O) groups is 1. The summed E-state index contributed by atoms with van der Waals surface area (Å²) in [5, 5.41) is 2.80. The van der Waals surface area contributed by atoms with Gasteiger partial charge in [-0.05, 0) is 48.5 Å². The minimum absolute atomic E-state index is 0.0231. The second kappa shape index (κ2) is 8.79. The maximum absolute atomic E-state index is 13.2. The summed E-state index contributed by atoms with van der Waals surface area (Å²) in [7, 11) is 0. The van der Waals surface area contributed by atoms with Crippen molar-refractivity contribution in [3.05, 3.63) is 71.1 Å². The number of rotatable bonds is 5. The third-order valence-electron chi connectivity index (χ3n) is 3.58. The van der Waals surface area contributed by atoms with E-state index >= 15 is 0 Å². The molecule has 2 aromatic carbocycles. The van der Waals surface area contributed by atoms with Gasteiger partial charge in [0.1, 0.15) is 11.5 Å². The Kier molecular flexibility index (Phi) is 6.39. The number of hydrogen-bond acceptors (Lipinski definition) is 4. The number of nitrogens with zero attached hydrogens (tertiary/aromatic N) is 2. The summed E-state index contributed by atoms with van der Waals surface area (Å²) < 4.78 is 52.7. The fourth-order valence-corrected chi connectivity index (χ4v) is 3.15. The minimum Gasteiger partial charge on any atom is -0.325 e. The van der Waals surface area contributed by atoms with E-state index in [-0.39, 0.29) is 16.6 Å². The van der Waals surface area contributed by atoms with Crippen LogP contribution in [0.15, 0.2) is 59.8 Å². The number of thioether (sulfide) groups is 1. The lowest BCUT2D eigenvalue weighted by Gasteiger charge is -2.11. The Morgan fingerprint density at radius 2 is 1.79 bits per heavy atom. The predicted octanol–water partition coefficient (Wildman–Crippen LogP) is 5.69. The van der Waals surface area contributed by atoms with Crippen molar-refractivity contribution < 1.29 is 22.4 Å². The molecule has 0 atom stereocenters. The van der Waals surface area contributed by atoms with E-state index in [1.807, 2.05) is 0 Å². The van der Waals surface area contributed by atoms with E-state index in [0.717, 1.165) is 30.0 Å². The number of carbonyl (C=O) groups excluding carboxylic acids is 1. The quantitative estimate of drug-likeness (QED) is 0.314. The molecule has 0 bridgehead atoms. The van der Waals surface area contributed by atoms with Crippen molar-refractivity contribution in [3.8, 4) is 11.3 Å². The SMILES string of the molecule is O=C(CSc1nc(-c2ccc(F)cc2)cc(C(F)(F)F)n1)Nc1cccc(Cl)c1. The first-order valence-corrected chi connectivity index (χ1v) is 9.47. The van der Waals surface area contributed by atoms with Crippen LogP contribution in [0.25, 0.3) is 11.3 Å². The molecule has 0 fully saturated rings. The number of aromatic nitrogens is 2. The monoisotopic (exact) mass is 441 g/mol. The summed E-state index contributed by atoms with van der Waals surface area (Å²) in [5.41, 5.74) is -0.417. The standard InChI is InChI=1S/C19H12ClF4N3OS/c20-12-2-1-3-14(8-12)25-17(28)10-29-18-26-15(9-16(27-18)19(22,23)24)11-4-6-13(21)7-5-11/h1-9H,10H2,(H,25,28). The molecule has 0 unspecified atom stereocenters. The molecule has 4 nitrogen and oxygen atoms in total. The van der Waals surface area contributed by atoms with Gasteiger partial charge in [0.15, 0.2) is 5.16 Å². The van der Waals surface area contributed by atoms with E-state index in [9.17, 15) is 22.4 Å². The number of amides is 1. The fraction of sp³-hybridized carbons (Fsp3) is 0.105. The van der Waals surface area contributed by atoms with Gasteiger partial charge in [-0.2, -0.15) is 13.2 Å². The van der Waals surface area contributed by atoms with E-state index in [1.165, 1.54) is 18.2 Å². The average Bonchev–Trinajstić information content (AvgIpc) is 2.66. The van der Waals surface area contributed by atoms with Gasteiger partial charge in [0.05, 0.1) is 11.4 Å². The van der Waals surface area contributed by atoms with Crippen LogP contribution in [0.2, 0.25) is 5.02 Å². The lowest BCUT2D eigenvalue weighted by Crippen LogP contribution is -2.15. The molecule has 10 heteroatoms. The highest BCUT2D eigenvalue weighted by molar-refractivity contribution is 7.99. The molecule has 3 rings (SSSR count). The third kappa shape index (κ3) is 5.91. The van der Waals surface area contributed by atoms with Gasteiger partial charge >= 0.3 is 6.18 Å². The molecule has 1 amide bonds. The number of nitrogens with one attached hydrogen (secondary N) is 1. The van der Waals surface area contributed by atoms with Crippen LogP contribution in [0.3, 0.4) is 0 Å². The second-order valence-corrected chi connectivity index (χ2v) is 7.15. The fourth-order valence-electron chi connectivity index (χ4n) is 2.30. The highest BCUT2D eigenvalue weighted by Crippen LogP contribution is 2.32. The van der Waals surface area contributed by atoms with Crippen LogP contribution in [0.5, 0.6) is 0 Å². The van der Waals surface area contributed by atoms with Crippen LogP contribution in [-0.2, 0) is 11.0 Å². The maximum Gasteiger partial charge on any atom is 0.433 e. The number of benzene rings is 2. The van der Waals surface area contributed by atoms with Gasteiger partial charge in [0, 0.05) is 16.3 Å². The topological polar surface area (TPSA) is 54.9 Å². The molecule has 0 spiro atoms. The van der Waals surface area contributed by atoms with Gasteiger partial charge in [0.2, 0.25) is 5.91 Å². The zero-order chi connectivity index (χ0) is 21.0. The van der Waals surface area contributed by atoms with Crippen LogP contribution < -0.4 is 5.32 Å². The van der Waals surface area contributed by atoms with Crippen LogP contribution in [0.4, 0.5) is 23.2 Å². The summed E-state index contributed by atoms with van der Waals surface area (Å²) in [6, 6.07) is 12.1. The third-order valence-corrected chi connectivity index (χ3v) is 4.66. The van der Waals surface area contributed by atoms with Gasteiger partial charge in [-0.25, -0.2) is 14.4 Å². The Balaban J connectivity index is 1.79. The molecular formula is C19H12ClF4N3OS. The molecule has 0 saturated heterocycles.